The molecule has 0 heterocycles. The fourth-order valence-electron chi connectivity index (χ4n) is 1.43. The van der Waals surface area contributed by atoms with E-state index in [-0.39, 0.29) is 0 Å². The molecule has 82 valence electrons. The summed E-state index contributed by atoms with van der Waals surface area (Å²) in [5.41, 5.74) is 1.59. The van der Waals surface area contributed by atoms with Gasteiger partial charge < -0.3 is 5.11 Å². The van der Waals surface area contributed by atoms with Gasteiger partial charge in [0.1, 0.15) is 0 Å². The number of aromatic carboxylic acids is 1. The van der Waals surface area contributed by atoms with E-state index in [1.807, 2.05) is 12.1 Å². The van der Waals surface area contributed by atoms with Gasteiger partial charge in [-0.05, 0) is 36.5 Å². The summed E-state index contributed by atoms with van der Waals surface area (Å²) in [6.45, 7) is 4.43. The minimum absolute atomic E-state index is 0.363. The van der Waals surface area contributed by atoms with Crippen LogP contribution in [0.5, 0.6) is 0 Å². The average molecular weight is 206 g/mol. The van der Waals surface area contributed by atoms with Crippen molar-refractivity contribution < 1.29 is 9.90 Å². The van der Waals surface area contributed by atoms with Crippen LogP contribution in [0.3, 0.4) is 0 Å². The maximum absolute atomic E-state index is 10.6. The van der Waals surface area contributed by atoms with Gasteiger partial charge in [0.15, 0.2) is 0 Å². The molecule has 1 rings (SSSR count). The summed E-state index contributed by atoms with van der Waals surface area (Å²) >= 11 is 0. The Kier molecular flexibility index (Phi) is 4.35. The third-order valence-corrected chi connectivity index (χ3v) is 2.82. The van der Waals surface area contributed by atoms with Crippen LogP contribution in [0.2, 0.25) is 0 Å². The fraction of sp³-hybridized carbons (Fsp3) is 0.462. The van der Waals surface area contributed by atoms with Gasteiger partial charge in [0.25, 0.3) is 0 Å². The monoisotopic (exact) mass is 206 g/mol. The van der Waals surface area contributed by atoms with Crippen molar-refractivity contribution in [1.29, 1.82) is 0 Å². The Labute approximate surface area is 90.9 Å². The summed E-state index contributed by atoms with van der Waals surface area (Å²) in [5.74, 6) is -0.118. The second-order valence-electron chi connectivity index (χ2n) is 4.05. The van der Waals surface area contributed by atoms with Crippen LogP contribution in [-0.4, -0.2) is 11.1 Å². The smallest absolute Gasteiger partial charge is 0.335 e. The van der Waals surface area contributed by atoms with Crippen LogP contribution in [0.25, 0.3) is 0 Å². The summed E-state index contributed by atoms with van der Waals surface area (Å²) in [4.78, 5) is 10.6. The SMILES string of the molecule is CC[C@H](C)CCc1ccc(C(=O)O)cc1. The summed E-state index contributed by atoms with van der Waals surface area (Å²) in [6.07, 6.45) is 3.41. The minimum Gasteiger partial charge on any atom is -0.478 e. The topological polar surface area (TPSA) is 37.3 Å². The molecule has 1 atom stereocenters. The molecule has 0 bridgehead atoms. The Bertz CT molecular complexity index is 314. The molecule has 0 radical (unpaired) electrons. The van der Waals surface area contributed by atoms with Crippen LogP contribution in [0, 0.1) is 5.92 Å². The highest BCUT2D eigenvalue weighted by Crippen LogP contribution is 2.13. The minimum atomic E-state index is -0.858. The lowest BCUT2D eigenvalue weighted by Crippen LogP contribution is -1.98. The lowest BCUT2D eigenvalue weighted by atomic mass is 9.98. The first kappa shape index (κ1) is 11.8. The number of hydrogen-bond acceptors (Lipinski definition) is 1. The number of aryl methyl sites for hydroxylation is 1. The van der Waals surface area contributed by atoms with Crippen molar-refractivity contribution in [2.45, 2.75) is 33.1 Å². The molecular weight excluding hydrogens is 188 g/mol. The molecule has 0 spiro atoms. The zero-order valence-corrected chi connectivity index (χ0v) is 9.36. The highest BCUT2D eigenvalue weighted by molar-refractivity contribution is 5.87. The summed E-state index contributed by atoms with van der Waals surface area (Å²) in [7, 11) is 0. The van der Waals surface area contributed by atoms with Gasteiger partial charge in [0.2, 0.25) is 0 Å². The van der Waals surface area contributed by atoms with Gasteiger partial charge in [-0.25, -0.2) is 4.79 Å². The van der Waals surface area contributed by atoms with E-state index in [2.05, 4.69) is 13.8 Å². The zero-order chi connectivity index (χ0) is 11.3. The van der Waals surface area contributed by atoms with E-state index in [4.69, 9.17) is 5.11 Å². The van der Waals surface area contributed by atoms with Crippen molar-refractivity contribution in [1.82, 2.24) is 0 Å². The quantitative estimate of drug-likeness (QED) is 0.802. The highest BCUT2D eigenvalue weighted by Gasteiger charge is 2.03. The molecule has 1 aromatic carbocycles. The number of rotatable bonds is 5. The molecule has 0 amide bonds. The van der Waals surface area contributed by atoms with Crippen LogP contribution in [0.15, 0.2) is 24.3 Å². The molecular formula is C13H18O2. The summed E-state index contributed by atoms with van der Waals surface area (Å²) in [5, 5.41) is 8.73. The van der Waals surface area contributed by atoms with Gasteiger partial charge in [0.05, 0.1) is 5.56 Å². The normalized spacial score (nSPS) is 12.4. The van der Waals surface area contributed by atoms with Crippen LogP contribution in [0.4, 0.5) is 0 Å². The second kappa shape index (κ2) is 5.54. The Balaban J connectivity index is 2.53. The molecule has 2 nitrogen and oxygen atoms in total. The van der Waals surface area contributed by atoms with E-state index < -0.39 is 5.97 Å². The predicted molar refractivity (Wildman–Crippen MR) is 61.2 cm³/mol. The van der Waals surface area contributed by atoms with Crippen LogP contribution >= 0.6 is 0 Å². The van der Waals surface area contributed by atoms with Crippen molar-refractivity contribution in [3.05, 3.63) is 35.4 Å². The molecule has 2 heteroatoms. The molecule has 1 aromatic rings. The molecule has 0 aliphatic rings. The Morgan fingerprint density at radius 1 is 1.33 bits per heavy atom. The lowest BCUT2D eigenvalue weighted by Gasteiger charge is -2.07. The average Bonchev–Trinajstić information content (AvgIpc) is 2.26. The zero-order valence-electron chi connectivity index (χ0n) is 9.36. The van der Waals surface area contributed by atoms with Gasteiger partial charge in [-0.2, -0.15) is 0 Å². The van der Waals surface area contributed by atoms with Gasteiger partial charge in [-0.3, -0.25) is 0 Å². The summed E-state index contributed by atoms with van der Waals surface area (Å²) in [6, 6.07) is 7.17. The number of benzene rings is 1. The molecule has 0 saturated heterocycles. The lowest BCUT2D eigenvalue weighted by molar-refractivity contribution is 0.0697. The van der Waals surface area contributed by atoms with E-state index in [0.717, 1.165) is 12.3 Å². The van der Waals surface area contributed by atoms with Crippen molar-refractivity contribution >= 4 is 5.97 Å². The third-order valence-electron chi connectivity index (χ3n) is 2.82. The highest BCUT2D eigenvalue weighted by atomic mass is 16.4. The van der Waals surface area contributed by atoms with Gasteiger partial charge in [0, 0.05) is 0 Å². The Morgan fingerprint density at radius 3 is 2.40 bits per heavy atom. The number of hydrogen-bond donors (Lipinski definition) is 1. The van der Waals surface area contributed by atoms with Gasteiger partial charge in [-0.1, -0.05) is 32.4 Å². The molecule has 0 fully saturated rings. The van der Waals surface area contributed by atoms with Crippen molar-refractivity contribution in [3.8, 4) is 0 Å². The van der Waals surface area contributed by atoms with Crippen molar-refractivity contribution in [2.75, 3.05) is 0 Å². The standard InChI is InChI=1S/C13H18O2/c1-3-10(2)4-5-11-6-8-12(9-7-11)13(14)15/h6-10H,3-5H2,1-2H3,(H,14,15)/t10-/m0/s1. The van der Waals surface area contributed by atoms with Crippen molar-refractivity contribution in [3.63, 3.8) is 0 Å². The Morgan fingerprint density at radius 2 is 1.93 bits per heavy atom. The number of carboxylic acids is 1. The fourth-order valence-corrected chi connectivity index (χ4v) is 1.43. The molecule has 0 aromatic heterocycles. The first-order valence-electron chi connectivity index (χ1n) is 5.45. The maximum atomic E-state index is 10.6. The first-order chi connectivity index (χ1) is 7.13. The van der Waals surface area contributed by atoms with Crippen molar-refractivity contribution in [2.24, 2.45) is 5.92 Å². The summed E-state index contributed by atoms with van der Waals surface area (Å²) < 4.78 is 0. The third kappa shape index (κ3) is 3.74. The van der Waals surface area contributed by atoms with Crippen LogP contribution < -0.4 is 0 Å². The maximum Gasteiger partial charge on any atom is 0.335 e. The van der Waals surface area contributed by atoms with E-state index in [1.165, 1.54) is 18.4 Å². The van der Waals surface area contributed by atoms with E-state index >= 15 is 0 Å². The molecule has 1 N–H and O–H groups in total. The van der Waals surface area contributed by atoms with E-state index in [9.17, 15) is 4.79 Å². The molecule has 0 aliphatic heterocycles. The first-order valence-corrected chi connectivity index (χ1v) is 5.45. The molecule has 0 aliphatic carbocycles. The van der Waals surface area contributed by atoms with Gasteiger partial charge in [-0.15, -0.1) is 0 Å². The predicted octanol–water partition coefficient (Wildman–Crippen LogP) is 3.36. The number of carbonyl (C=O) groups is 1. The largest absolute Gasteiger partial charge is 0.478 e. The number of carboxylic acid groups (broad SMARTS) is 1. The van der Waals surface area contributed by atoms with Crippen LogP contribution in [-0.2, 0) is 6.42 Å². The molecule has 0 unspecified atom stereocenters. The Hall–Kier alpha value is -1.31. The molecule has 0 saturated carbocycles. The van der Waals surface area contributed by atoms with E-state index in [0.29, 0.717) is 5.56 Å². The molecule has 15 heavy (non-hydrogen) atoms. The van der Waals surface area contributed by atoms with E-state index in [1.54, 1.807) is 12.1 Å². The van der Waals surface area contributed by atoms with Crippen LogP contribution in [0.1, 0.15) is 42.6 Å². The van der Waals surface area contributed by atoms with Gasteiger partial charge >= 0.3 is 5.97 Å². The second-order valence-corrected chi connectivity index (χ2v) is 4.05.